The Morgan fingerprint density at radius 2 is 2.10 bits per heavy atom. The molecule has 0 aromatic rings. The van der Waals surface area contributed by atoms with Gasteiger partial charge in [0, 0.05) is 19.7 Å². The van der Waals surface area contributed by atoms with Gasteiger partial charge in [0.05, 0.1) is 6.61 Å². The van der Waals surface area contributed by atoms with Crippen molar-refractivity contribution in [2.75, 3.05) is 20.3 Å². The number of urea groups is 1. The third kappa shape index (κ3) is 3.87. The molecule has 2 unspecified atom stereocenters. The number of amides is 2. The highest BCUT2D eigenvalue weighted by molar-refractivity contribution is 5.86. The van der Waals surface area contributed by atoms with Crippen molar-refractivity contribution in [3.8, 4) is 0 Å². The summed E-state index contributed by atoms with van der Waals surface area (Å²) in [7, 11) is 1.60. The predicted octanol–water partition coefficient (Wildman–Crippen LogP) is 1.84. The van der Waals surface area contributed by atoms with Crippen LogP contribution in [-0.4, -0.2) is 53.8 Å². The summed E-state index contributed by atoms with van der Waals surface area (Å²) < 4.78 is 5.04. The fourth-order valence-corrected chi connectivity index (χ4v) is 3.21. The SMILES string of the molecule is COCCN(C(=O)NC1(C(=O)O)CCCC(C)C1)C1CC1. The molecule has 21 heavy (non-hydrogen) atoms. The van der Waals surface area contributed by atoms with Gasteiger partial charge in [0.15, 0.2) is 0 Å². The van der Waals surface area contributed by atoms with Crippen LogP contribution in [-0.2, 0) is 9.53 Å². The Bertz CT molecular complexity index is 397. The lowest BCUT2D eigenvalue weighted by Gasteiger charge is -2.38. The number of rotatable bonds is 6. The molecule has 2 atom stereocenters. The first-order valence-corrected chi connectivity index (χ1v) is 7.79. The second kappa shape index (κ2) is 6.64. The van der Waals surface area contributed by atoms with Crippen LogP contribution in [0.15, 0.2) is 0 Å². The maximum Gasteiger partial charge on any atom is 0.329 e. The number of hydrogen-bond donors (Lipinski definition) is 2. The molecule has 0 heterocycles. The van der Waals surface area contributed by atoms with Crippen molar-refractivity contribution >= 4 is 12.0 Å². The minimum atomic E-state index is -1.10. The van der Waals surface area contributed by atoms with E-state index in [4.69, 9.17) is 4.74 Å². The van der Waals surface area contributed by atoms with Crippen LogP contribution < -0.4 is 5.32 Å². The number of aliphatic carboxylic acids is 1. The number of nitrogens with zero attached hydrogens (tertiary/aromatic N) is 1. The van der Waals surface area contributed by atoms with Gasteiger partial charge in [-0.1, -0.05) is 19.8 Å². The Morgan fingerprint density at radius 3 is 2.62 bits per heavy atom. The summed E-state index contributed by atoms with van der Waals surface area (Å²) in [5.74, 6) is -0.589. The summed E-state index contributed by atoms with van der Waals surface area (Å²) in [6.45, 7) is 3.03. The highest BCUT2D eigenvalue weighted by Crippen LogP contribution is 2.33. The van der Waals surface area contributed by atoms with Crippen LogP contribution in [0.25, 0.3) is 0 Å². The zero-order valence-corrected chi connectivity index (χ0v) is 12.9. The molecular formula is C15H26N2O4. The van der Waals surface area contributed by atoms with E-state index in [0.29, 0.717) is 31.9 Å². The van der Waals surface area contributed by atoms with Crippen LogP contribution in [0.2, 0.25) is 0 Å². The molecule has 120 valence electrons. The Morgan fingerprint density at radius 1 is 1.38 bits per heavy atom. The molecule has 6 nitrogen and oxygen atoms in total. The van der Waals surface area contributed by atoms with Gasteiger partial charge in [-0.15, -0.1) is 0 Å². The van der Waals surface area contributed by atoms with E-state index in [1.807, 2.05) is 6.92 Å². The quantitative estimate of drug-likeness (QED) is 0.784. The minimum absolute atomic E-state index is 0.243. The zero-order valence-electron chi connectivity index (χ0n) is 12.9. The van der Waals surface area contributed by atoms with E-state index in [1.165, 1.54) is 0 Å². The molecule has 0 saturated heterocycles. The molecular weight excluding hydrogens is 272 g/mol. The molecule has 0 spiro atoms. The van der Waals surface area contributed by atoms with Gasteiger partial charge in [-0.25, -0.2) is 9.59 Å². The van der Waals surface area contributed by atoms with Crippen molar-refractivity contribution in [1.82, 2.24) is 10.2 Å². The molecule has 2 aliphatic carbocycles. The van der Waals surface area contributed by atoms with Crippen molar-refractivity contribution in [3.05, 3.63) is 0 Å². The van der Waals surface area contributed by atoms with Gasteiger partial charge in [0.2, 0.25) is 0 Å². The molecule has 2 amide bonds. The number of nitrogens with one attached hydrogen (secondary N) is 1. The monoisotopic (exact) mass is 298 g/mol. The van der Waals surface area contributed by atoms with Gasteiger partial charge in [-0.05, 0) is 31.6 Å². The number of methoxy groups -OCH3 is 1. The molecule has 2 fully saturated rings. The molecule has 0 aromatic carbocycles. The Hall–Kier alpha value is -1.30. The lowest BCUT2D eigenvalue weighted by molar-refractivity contribution is -0.146. The minimum Gasteiger partial charge on any atom is -0.480 e. The van der Waals surface area contributed by atoms with Gasteiger partial charge in [0.1, 0.15) is 5.54 Å². The molecule has 6 heteroatoms. The highest BCUT2D eigenvalue weighted by Gasteiger charge is 2.45. The van der Waals surface area contributed by atoms with Gasteiger partial charge in [0.25, 0.3) is 0 Å². The second-order valence-corrected chi connectivity index (χ2v) is 6.44. The average Bonchev–Trinajstić information content (AvgIpc) is 3.23. The van der Waals surface area contributed by atoms with Crippen LogP contribution in [0.5, 0.6) is 0 Å². The van der Waals surface area contributed by atoms with Gasteiger partial charge in [-0.3, -0.25) is 0 Å². The van der Waals surface area contributed by atoms with Gasteiger partial charge < -0.3 is 20.1 Å². The largest absolute Gasteiger partial charge is 0.480 e. The maximum atomic E-state index is 12.5. The first-order chi connectivity index (χ1) is 9.98. The summed E-state index contributed by atoms with van der Waals surface area (Å²) in [5.41, 5.74) is -1.10. The van der Waals surface area contributed by atoms with E-state index >= 15 is 0 Å². The lowest BCUT2D eigenvalue weighted by atomic mass is 9.76. The van der Waals surface area contributed by atoms with E-state index in [2.05, 4.69) is 5.32 Å². The molecule has 0 bridgehead atoms. The maximum absolute atomic E-state index is 12.5. The molecule has 2 aliphatic rings. The molecule has 2 N–H and O–H groups in total. The number of carboxylic acids is 1. The van der Waals surface area contributed by atoms with Crippen LogP contribution in [0, 0.1) is 5.92 Å². The normalized spacial score (nSPS) is 29.0. The predicted molar refractivity (Wildman–Crippen MR) is 78.1 cm³/mol. The van der Waals surface area contributed by atoms with Crippen LogP contribution in [0.1, 0.15) is 45.4 Å². The molecule has 0 radical (unpaired) electrons. The van der Waals surface area contributed by atoms with Crippen LogP contribution in [0.4, 0.5) is 4.79 Å². The van der Waals surface area contributed by atoms with Crippen molar-refractivity contribution in [1.29, 1.82) is 0 Å². The first kappa shape index (κ1) is 16.1. The zero-order chi connectivity index (χ0) is 15.5. The third-order valence-corrected chi connectivity index (χ3v) is 4.54. The Kier molecular flexibility index (Phi) is 5.08. The van der Waals surface area contributed by atoms with E-state index in [-0.39, 0.29) is 12.1 Å². The number of carbonyl (C=O) groups is 2. The van der Waals surface area contributed by atoms with Crippen LogP contribution >= 0.6 is 0 Å². The lowest BCUT2D eigenvalue weighted by Crippen LogP contribution is -2.60. The Balaban J connectivity index is 2.04. The number of ether oxygens (including phenoxy) is 1. The summed E-state index contributed by atoms with van der Waals surface area (Å²) in [5, 5.41) is 12.4. The van der Waals surface area contributed by atoms with Crippen LogP contribution in [0.3, 0.4) is 0 Å². The molecule has 0 aromatic heterocycles. The molecule has 2 rings (SSSR count). The van der Waals surface area contributed by atoms with Gasteiger partial charge >= 0.3 is 12.0 Å². The summed E-state index contributed by atoms with van der Waals surface area (Å²) in [6, 6.07) is -0.0157. The number of carboxylic acid groups (broad SMARTS) is 1. The Labute approximate surface area is 125 Å². The van der Waals surface area contributed by atoms with Crippen molar-refractivity contribution in [3.63, 3.8) is 0 Å². The highest BCUT2D eigenvalue weighted by atomic mass is 16.5. The van der Waals surface area contributed by atoms with E-state index in [1.54, 1.807) is 12.0 Å². The molecule has 0 aliphatic heterocycles. The van der Waals surface area contributed by atoms with E-state index < -0.39 is 11.5 Å². The van der Waals surface area contributed by atoms with Crippen molar-refractivity contribution in [2.45, 2.75) is 57.0 Å². The van der Waals surface area contributed by atoms with E-state index in [9.17, 15) is 14.7 Å². The van der Waals surface area contributed by atoms with Crippen molar-refractivity contribution < 1.29 is 19.4 Å². The number of carbonyl (C=O) groups excluding carboxylic acids is 1. The average molecular weight is 298 g/mol. The van der Waals surface area contributed by atoms with Crippen molar-refractivity contribution in [2.24, 2.45) is 5.92 Å². The number of hydrogen-bond acceptors (Lipinski definition) is 3. The fourth-order valence-electron chi connectivity index (χ4n) is 3.21. The molecule has 2 saturated carbocycles. The third-order valence-electron chi connectivity index (χ3n) is 4.54. The van der Waals surface area contributed by atoms with E-state index in [0.717, 1.165) is 25.7 Å². The van der Waals surface area contributed by atoms with Gasteiger partial charge in [-0.2, -0.15) is 0 Å². The topological polar surface area (TPSA) is 78.9 Å². The smallest absolute Gasteiger partial charge is 0.329 e. The fraction of sp³-hybridized carbons (Fsp3) is 0.867. The summed E-state index contributed by atoms with van der Waals surface area (Å²) in [6.07, 6.45) is 4.88. The first-order valence-electron chi connectivity index (χ1n) is 7.79. The standard InChI is InChI=1S/C15H26N2O4/c1-11-4-3-7-15(10-11,13(18)19)16-14(20)17(8-9-21-2)12-5-6-12/h11-12H,3-10H2,1-2H3,(H,16,20)(H,18,19). The second-order valence-electron chi connectivity index (χ2n) is 6.44. The summed E-state index contributed by atoms with van der Waals surface area (Å²) in [4.78, 5) is 26.0. The summed E-state index contributed by atoms with van der Waals surface area (Å²) >= 11 is 0.